The van der Waals surface area contributed by atoms with Crippen LogP contribution in [0.2, 0.25) is 0 Å². The van der Waals surface area contributed by atoms with Gasteiger partial charge in [0.05, 0.1) is 5.10 Å². The maximum Gasteiger partial charge on any atom is 0.326 e. The van der Waals surface area contributed by atoms with Gasteiger partial charge in [0.1, 0.15) is 0 Å². The molecule has 0 radical (unpaired) electrons. The molecule has 0 aliphatic rings. The summed E-state index contributed by atoms with van der Waals surface area (Å²) in [6, 6.07) is 7.12. The van der Waals surface area contributed by atoms with Gasteiger partial charge in [0.2, 0.25) is 0 Å². The van der Waals surface area contributed by atoms with Gasteiger partial charge in [-0.05, 0) is 17.2 Å². The van der Waals surface area contributed by atoms with Gasteiger partial charge in [0.15, 0.2) is 11.0 Å². The van der Waals surface area contributed by atoms with Crippen molar-refractivity contribution < 1.29 is 4.73 Å². The number of benzene rings is 1. The van der Waals surface area contributed by atoms with Crippen molar-refractivity contribution >= 4 is 11.0 Å². The van der Waals surface area contributed by atoms with Gasteiger partial charge in [-0.1, -0.05) is 12.1 Å². The first-order valence-electron chi connectivity index (χ1n) is 3.60. The smallest absolute Gasteiger partial charge is 0.326 e. The fraction of sp³-hybridized carbons (Fsp3) is 0.125. The second-order valence-electron chi connectivity index (χ2n) is 2.53. The molecule has 0 bridgehead atoms. The predicted molar refractivity (Wildman–Crippen MR) is 43.2 cm³/mol. The third kappa shape index (κ3) is 0.887. The lowest BCUT2D eigenvalue weighted by Gasteiger charge is -2.04. The summed E-state index contributed by atoms with van der Waals surface area (Å²) < 4.78 is 0.780. The van der Waals surface area contributed by atoms with Gasteiger partial charge in [0.25, 0.3) is 0 Å². The molecule has 0 aliphatic carbocycles. The van der Waals surface area contributed by atoms with Gasteiger partial charge < -0.3 is 5.21 Å². The van der Waals surface area contributed by atoms with Gasteiger partial charge >= 0.3 is 5.82 Å². The van der Waals surface area contributed by atoms with E-state index in [1.165, 1.54) is 0 Å². The molecule has 0 atom stereocenters. The van der Waals surface area contributed by atoms with Crippen molar-refractivity contribution in [2.75, 3.05) is 0 Å². The lowest BCUT2D eigenvalue weighted by Crippen LogP contribution is -2.32. The molecule has 0 aliphatic heterocycles. The Hall–Kier alpha value is -1.71. The van der Waals surface area contributed by atoms with Gasteiger partial charge in [0, 0.05) is 6.92 Å². The quantitative estimate of drug-likeness (QED) is 0.419. The molecular formula is C8H7N3O. The van der Waals surface area contributed by atoms with Crippen molar-refractivity contribution in [2.45, 2.75) is 6.92 Å². The first-order valence-corrected chi connectivity index (χ1v) is 3.60. The van der Waals surface area contributed by atoms with Crippen molar-refractivity contribution in [1.29, 1.82) is 0 Å². The van der Waals surface area contributed by atoms with E-state index in [0.29, 0.717) is 16.9 Å². The van der Waals surface area contributed by atoms with E-state index in [1.54, 1.807) is 25.1 Å². The summed E-state index contributed by atoms with van der Waals surface area (Å²) in [6.07, 6.45) is 0. The second-order valence-corrected chi connectivity index (χ2v) is 2.53. The van der Waals surface area contributed by atoms with Crippen molar-refractivity contribution in [1.82, 2.24) is 10.2 Å². The number of hydrogen-bond donors (Lipinski definition) is 0. The van der Waals surface area contributed by atoms with Crippen LogP contribution in [0.1, 0.15) is 5.82 Å². The van der Waals surface area contributed by atoms with E-state index in [4.69, 9.17) is 0 Å². The van der Waals surface area contributed by atoms with Crippen LogP contribution in [-0.2, 0) is 0 Å². The van der Waals surface area contributed by atoms with Crippen LogP contribution < -0.4 is 4.73 Å². The van der Waals surface area contributed by atoms with Crippen molar-refractivity contribution in [3.8, 4) is 0 Å². The SMILES string of the molecule is Cc1nnc2ccccc2[n+]1[O-]. The van der Waals surface area contributed by atoms with E-state index in [1.807, 2.05) is 6.07 Å². The summed E-state index contributed by atoms with van der Waals surface area (Å²) in [5.41, 5.74) is 1.18. The molecule has 1 heterocycles. The molecule has 12 heavy (non-hydrogen) atoms. The summed E-state index contributed by atoms with van der Waals surface area (Å²) in [7, 11) is 0. The number of nitrogens with zero attached hydrogens (tertiary/aromatic N) is 3. The predicted octanol–water partition coefficient (Wildman–Crippen LogP) is 0.572. The molecule has 2 rings (SSSR count). The number of aromatic nitrogens is 3. The normalized spacial score (nSPS) is 10.4. The standard InChI is InChI=1S/C8H7N3O/c1-6-9-10-7-4-2-3-5-8(7)11(6)12/h2-5H,1H3. The van der Waals surface area contributed by atoms with Crippen molar-refractivity contribution in [3.05, 3.63) is 35.3 Å². The molecule has 2 aromatic rings. The average molecular weight is 161 g/mol. The Morgan fingerprint density at radius 1 is 1.25 bits per heavy atom. The zero-order valence-electron chi connectivity index (χ0n) is 6.56. The van der Waals surface area contributed by atoms with E-state index >= 15 is 0 Å². The highest BCUT2D eigenvalue weighted by molar-refractivity contribution is 5.69. The molecule has 0 saturated carbocycles. The van der Waals surface area contributed by atoms with Crippen LogP contribution in [0.5, 0.6) is 0 Å². The summed E-state index contributed by atoms with van der Waals surface area (Å²) in [6.45, 7) is 1.63. The Bertz CT molecular complexity index is 428. The molecule has 0 amide bonds. The number of fused-ring (bicyclic) bond motifs is 1. The van der Waals surface area contributed by atoms with Crippen LogP contribution in [0.3, 0.4) is 0 Å². The summed E-state index contributed by atoms with van der Waals surface area (Å²) in [5.74, 6) is 0.369. The highest BCUT2D eigenvalue weighted by atomic mass is 16.5. The Morgan fingerprint density at radius 2 is 2.00 bits per heavy atom. The largest absolute Gasteiger partial charge is 0.710 e. The molecule has 1 aromatic carbocycles. The highest BCUT2D eigenvalue weighted by Crippen LogP contribution is 2.03. The third-order valence-electron chi connectivity index (χ3n) is 1.70. The number of hydrogen-bond acceptors (Lipinski definition) is 3. The average Bonchev–Trinajstić information content (AvgIpc) is 2.12. The maximum absolute atomic E-state index is 11.3. The zero-order chi connectivity index (χ0) is 8.55. The van der Waals surface area contributed by atoms with Gasteiger partial charge in [-0.3, -0.25) is 0 Å². The third-order valence-corrected chi connectivity index (χ3v) is 1.70. The Morgan fingerprint density at radius 3 is 2.83 bits per heavy atom. The minimum absolute atomic E-state index is 0.369. The van der Waals surface area contributed by atoms with Crippen molar-refractivity contribution in [2.24, 2.45) is 0 Å². The highest BCUT2D eigenvalue weighted by Gasteiger charge is 2.05. The lowest BCUT2D eigenvalue weighted by atomic mass is 10.3. The van der Waals surface area contributed by atoms with Gasteiger partial charge in [-0.2, -0.15) is 0 Å². The molecule has 1 aromatic heterocycles. The molecule has 0 fully saturated rings. The molecule has 0 saturated heterocycles. The van der Waals surface area contributed by atoms with Crippen LogP contribution in [0.15, 0.2) is 24.3 Å². The van der Waals surface area contributed by atoms with Crippen LogP contribution in [-0.4, -0.2) is 10.2 Å². The minimum atomic E-state index is 0.369. The van der Waals surface area contributed by atoms with E-state index < -0.39 is 0 Å². The first kappa shape index (κ1) is 6.97. The molecule has 0 unspecified atom stereocenters. The molecule has 60 valence electrons. The lowest BCUT2D eigenvalue weighted by molar-refractivity contribution is -0.588. The second kappa shape index (κ2) is 2.41. The maximum atomic E-state index is 11.3. The van der Waals surface area contributed by atoms with Crippen LogP contribution in [0.25, 0.3) is 11.0 Å². The Balaban J connectivity index is 2.91. The Labute approximate surface area is 69.1 Å². The summed E-state index contributed by atoms with van der Waals surface area (Å²) >= 11 is 0. The number of aryl methyl sites for hydroxylation is 1. The fourth-order valence-corrected chi connectivity index (χ4v) is 1.06. The summed E-state index contributed by atoms with van der Waals surface area (Å²) in [4.78, 5) is 0. The first-order chi connectivity index (χ1) is 5.79. The molecule has 4 heteroatoms. The van der Waals surface area contributed by atoms with E-state index in [2.05, 4.69) is 10.2 Å². The van der Waals surface area contributed by atoms with Gasteiger partial charge in [-0.15, -0.1) is 0 Å². The van der Waals surface area contributed by atoms with E-state index in [-0.39, 0.29) is 0 Å². The van der Waals surface area contributed by atoms with Crippen LogP contribution in [0.4, 0.5) is 0 Å². The van der Waals surface area contributed by atoms with E-state index in [9.17, 15) is 5.21 Å². The van der Waals surface area contributed by atoms with Crippen LogP contribution in [0, 0.1) is 12.1 Å². The number of para-hydroxylation sites is 1. The molecule has 4 nitrogen and oxygen atoms in total. The monoisotopic (exact) mass is 161 g/mol. The number of rotatable bonds is 0. The van der Waals surface area contributed by atoms with Crippen LogP contribution >= 0.6 is 0 Å². The van der Waals surface area contributed by atoms with Gasteiger partial charge in [-0.25, -0.2) is 4.73 Å². The summed E-state index contributed by atoms with van der Waals surface area (Å²) in [5, 5.41) is 18.9. The van der Waals surface area contributed by atoms with E-state index in [0.717, 1.165) is 4.73 Å². The molecule has 0 spiro atoms. The minimum Gasteiger partial charge on any atom is -0.710 e. The topological polar surface area (TPSA) is 52.7 Å². The fourth-order valence-electron chi connectivity index (χ4n) is 1.06. The Kier molecular flexibility index (Phi) is 1.40. The van der Waals surface area contributed by atoms with Crippen molar-refractivity contribution in [3.63, 3.8) is 0 Å². The molecule has 0 N–H and O–H groups in total. The zero-order valence-corrected chi connectivity index (χ0v) is 6.56. The molecular weight excluding hydrogens is 154 g/mol.